The molecule has 0 unspecified atom stereocenters. The van der Waals surface area contributed by atoms with Gasteiger partial charge in [0, 0.05) is 36.1 Å². The molecule has 36 heavy (non-hydrogen) atoms. The molecule has 1 aromatic carbocycles. The van der Waals surface area contributed by atoms with Crippen LogP contribution in [0, 0.1) is 6.92 Å². The van der Waals surface area contributed by atoms with Gasteiger partial charge in [-0.15, -0.1) is 11.3 Å². The van der Waals surface area contributed by atoms with E-state index in [-0.39, 0.29) is 12.7 Å². The maximum atomic E-state index is 13.4. The average molecular weight is 509 g/mol. The van der Waals surface area contributed by atoms with Crippen molar-refractivity contribution in [3.8, 4) is 28.7 Å². The molecule has 0 radical (unpaired) electrons. The molecule has 0 aliphatic carbocycles. The molecule has 1 aliphatic heterocycles. The van der Waals surface area contributed by atoms with Crippen LogP contribution in [-0.4, -0.2) is 49.8 Å². The second-order valence-electron chi connectivity index (χ2n) is 7.87. The fraction of sp³-hybridized carbons (Fsp3) is 0.240. The van der Waals surface area contributed by atoms with Gasteiger partial charge in [-0.3, -0.25) is 4.79 Å². The van der Waals surface area contributed by atoms with E-state index in [1.54, 1.807) is 13.2 Å². The summed E-state index contributed by atoms with van der Waals surface area (Å²) in [6, 6.07) is 7.49. The Morgan fingerprint density at radius 3 is 2.69 bits per heavy atom. The van der Waals surface area contributed by atoms with Crippen LogP contribution in [0.5, 0.6) is 23.0 Å². The topological polar surface area (TPSA) is 105 Å². The molecule has 0 fully saturated rings. The van der Waals surface area contributed by atoms with Crippen molar-refractivity contribution in [2.45, 2.75) is 13.5 Å². The summed E-state index contributed by atoms with van der Waals surface area (Å²) in [5.74, 6) is 1.43. The van der Waals surface area contributed by atoms with Crippen molar-refractivity contribution < 1.29 is 28.5 Å². The molecule has 1 N–H and O–H groups in total. The lowest BCUT2D eigenvalue weighted by Crippen LogP contribution is -2.18. The van der Waals surface area contributed by atoms with Crippen LogP contribution in [0.15, 0.2) is 41.8 Å². The highest BCUT2D eigenvalue weighted by Crippen LogP contribution is 2.49. The van der Waals surface area contributed by atoms with Gasteiger partial charge < -0.3 is 28.3 Å². The third kappa shape index (κ3) is 4.12. The molecular weight excluding hydrogens is 484 g/mol. The van der Waals surface area contributed by atoms with Crippen LogP contribution in [0.2, 0.25) is 0 Å². The van der Waals surface area contributed by atoms with Crippen molar-refractivity contribution in [2.24, 2.45) is 5.10 Å². The number of benzene rings is 1. The number of hydrogen-bond donors (Lipinski definition) is 1. The van der Waals surface area contributed by atoms with E-state index in [2.05, 4.69) is 15.5 Å². The van der Waals surface area contributed by atoms with Gasteiger partial charge in [-0.05, 0) is 36.8 Å². The fourth-order valence-corrected chi connectivity index (χ4v) is 5.31. The predicted octanol–water partition coefficient (Wildman–Crippen LogP) is 4.05. The van der Waals surface area contributed by atoms with E-state index in [1.807, 2.05) is 42.1 Å². The van der Waals surface area contributed by atoms with Crippen LogP contribution >= 0.6 is 11.3 Å². The number of nitrogens with zero attached hydrogens (tertiary/aromatic N) is 3. The third-order valence-electron chi connectivity index (χ3n) is 5.60. The smallest absolute Gasteiger partial charge is 0.283 e. The van der Waals surface area contributed by atoms with E-state index in [4.69, 9.17) is 23.7 Å². The van der Waals surface area contributed by atoms with E-state index in [1.165, 1.54) is 31.8 Å². The molecule has 10 nitrogen and oxygen atoms in total. The highest BCUT2D eigenvalue weighted by Gasteiger charge is 2.27. The van der Waals surface area contributed by atoms with Gasteiger partial charge in [-0.2, -0.15) is 5.10 Å². The number of aryl methyl sites for hydroxylation is 1. The maximum absolute atomic E-state index is 13.4. The van der Waals surface area contributed by atoms with Crippen LogP contribution in [-0.2, 0) is 11.3 Å². The van der Waals surface area contributed by atoms with Crippen LogP contribution in [0.4, 0.5) is 0 Å². The van der Waals surface area contributed by atoms with Gasteiger partial charge in [-0.1, -0.05) is 0 Å². The van der Waals surface area contributed by atoms with Crippen molar-refractivity contribution in [3.63, 3.8) is 0 Å². The van der Waals surface area contributed by atoms with E-state index in [0.717, 1.165) is 27.2 Å². The van der Waals surface area contributed by atoms with Gasteiger partial charge in [0.15, 0.2) is 11.5 Å². The number of thiophene rings is 1. The van der Waals surface area contributed by atoms with Crippen molar-refractivity contribution in [1.29, 1.82) is 0 Å². The van der Waals surface area contributed by atoms with E-state index < -0.39 is 0 Å². The average Bonchev–Trinajstić information content (AvgIpc) is 3.62. The predicted molar refractivity (Wildman–Crippen MR) is 135 cm³/mol. The van der Waals surface area contributed by atoms with Gasteiger partial charge in [0.2, 0.25) is 18.3 Å². The summed E-state index contributed by atoms with van der Waals surface area (Å²) in [5.41, 5.74) is 5.73. The number of carbonyl (C=O) groups excluding carboxylic acids is 1. The second-order valence-corrected chi connectivity index (χ2v) is 8.87. The first-order chi connectivity index (χ1) is 17.5. The molecule has 1 aliphatic rings. The third-order valence-corrected chi connectivity index (χ3v) is 6.67. The monoisotopic (exact) mass is 508 g/mol. The lowest BCUT2D eigenvalue weighted by molar-refractivity contribution is 0.0959. The number of fused-ring (bicyclic) bond motifs is 2. The molecule has 0 atom stereocenters. The number of hydrogen-bond acceptors (Lipinski definition) is 9. The Hall–Kier alpha value is -4.09. The van der Waals surface area contributed by atoms with Gasteiger partial charge in [0.25, 0.3) is 5.91 Å². The van der Waals surface area contributed by atoms with Crippen LogP contribution < -0.4 is 24.4 Å². The number of rotatable bonds is 8. The molecule has 5 rings (SSSR count). The first-order valence-corrected chi connectivity index (χ1v) is 11.8. The molecule has 186 valence electrons. The zero-order valence-corrected chi connectivity index (χ0v) is 21.0. The quantitative estimate of drug-likeness (QED) is 0.283. The molecule has 11 heteroatoms. The summed E-state index contributed by atoms with van der Waals surface area (Å²) < 4.78 is 29.2. The number of hydrazone groups is 1. The first kappa shape index (κ1) is 23.6. The number of methoxy groups -OCH3 is 3. The Labute approximate surface area is 211 Å². The Balaban J connectivity index is 1.52. The molecule has 3 aromatic heterocycles. The van der Waals surface area contributed by atoms with Crippen molar-refractivity contribution >= 4 is 33.7 Å². The molecule has 0 saturated carbocycles. The number of pyridine rings is 1. The number of carbonyl (C=O) groups is 1. The molecule has 4 aromatic rings. The number of nitrogens with one attached hydrogen (secondary N) is 1. The normalized spacial score (nSPS) is 12.4. The lowest BCUT2D eigenvalue weighted by Gasteiger charge is -2.11. The molecular formula is C25H24N4O6S. The Morgan fingerprint density at radius 1 is 1.19 bits per heavy atom. The van der Waals surface area contributed by atoms with Crippen LogP contribution in [0.3, 0.4) is 0 Å². The second kappa shape index (κ2) is 9.88. The standard InChI is InChI=1S/C25H24N4O6S/c1-14-9-16(12-31-2)18-19(29-7-5-6-8-29)23(36-25(18)27-14)24(30)28-26-11-15-10-17(32-3)21-22(20(15)33-4)35-13-34-21/h5-11H,12-13H2,1-4H3,(H,28,30)/b26-11+. The summed E-state index contributed by atoms with van der Waals surface area (Å²) in [7, 11) is 4.70. The summed E-state index contributed by atoms with van der Waals surface area (Å²) in [4.78, 5) is 19.2. The van der Waals surface area contributed by atoms with E-state index >= 15 is 0 Å². The maximum Gasteiger partial charge on any atom is 0.283 e. The van der Waals surface area contributed by atoms with Gasteiger partial charge in [-0.25, -0.2) is 10.4 Å². The zero-order valence-electron chi connectivity index (χ0n) is 20.2. The Bertz CT molecular complexity index is 1460. The Kier molecular flexibility index (Phi) is 6.49. The lowest BCUT2D eigenvalue weighted by atomic mass is 10.1. The Morgan fingerprint density at radius 2 is 1.97 bits per heavy atom. The molecule has 4 heterocycles. The number of amides is 1. The number of ether oxygens (including phenoxy) is 5. The highest BCUT2D eigenvalue weighted by molar-refractivity contribution is 7.21. The first-order valence-electron chi connectivity index (χ1n) is 11.0. The largest absolute Gasteiger partial charge is 0.493 e. The minimum absolute atomic E-state index is 0.0616. The molecule has 0 spiro atoms. The summed E-state index contributed by atoms with van der Waals surface area (Å²) in [6.07, 6.45) is 5.26. The molecule has 1 amide bonds. The summed E-state index contributed by atoms with van der Waals surface area (Å²) in [6.45, 7) is 2.38. The van der Waals surface area contributed by atoms with Crippen molar-refractivity contribution in [3.05, 3.63) is 58.4 Å². The van der Waals surface area contributed by atoms with Crippen molar-refractivity contribution in [2.75, 3.05) is 28.1 Å². The van der Waals surface area contributed by atoms with Crippen LogP contribution in [0.1, 0.15) is 26.5 Å². The molecule has 0 bridgehead atoms. The SMILES string of the molecule is COCc1cc(C)nc2sc(C(=O)N/N=C/c3cc(OC)c4c(c3OC)OCO4)c(-n3cccc3)c12. The van der Waals surface area contributed by atoms with Crippen molar-refractivity contribution in [1.82, 2.24) is 15.0 Å². The van der Waals surface area contributed by atoms with E-state index in [0.29, 0.717) is 40.0 Å². The molecule has 0 saturated heterocycles. The fourth-order valence-electron chi connectivity index (χ4n) is 4.15. The summed E-state index contributed by atoms with van der Waals surface area (Å²) >= 11 is 1.31. The minimum Gasteiger partial charge on any atom is -0.493 e. The number of aromatic nitrogens is 2. The van der Waals surface area contributed by atoms with Crippen LogP contribution in [0.25, 0.3) is 15.9 Å². The summed E-state index contributed by atoms with van der Waals surface area (Å²) in [5, 5.41) is 5.07. The van der Waals surface area contributed by atoms with E-state index in [9.17, 15) is 4.79 Å². The minimum atomic E-state index is -0.370. The van der Waals surface area contributed by atoms with Gasteiger partial charge in [0.05, 0.1) is 32.7 Å². The van der Waals surface area contributed by atoms with Gasteiger partial charge in [0.1, 0.15) is 9.71 Å². The van der Waals surface area contributed by atoms with Gasteiger partial charge >= 0.3 is 0 Å². The highest BCUT2D eigenvalue weighted by atomic mass is 32.1. The zero-order chi connectivity index (χ0) is 25.2.